The van der Waals surface area contributed by atoms with Crippen LogP contribution in [0.1, 0.15) is 6.92 Å². The number of nitrogens with zero attached hydrogens (tertiary/aromatic N) is 4. The van der Waals surface area contributed by atoms with Crippen LogP contribution in [0.4, 0.5) is 0 Å². The van der Waals surface area contributed by atoms with Crippen LogP contribution in [-0.4, -0.2) is 25.5 Å². The average Bonchev–Trinajstić information content (AvgIpc) is 2.49. The van der Waals surface area contributed by atoms with Crippen molar-refractivity contribution in [3.05, 3.63) is 11.5 Å². The highest BCUT2D eigenvalue weighted by Crippen LogP contribution is 2.25. The quantitative estimate of drug-likeness (QED) is 0.449. The largest absolute Gasteiger partial charge is 0.250 e. The summed E-state index contributed by atoms with van der Waals surface area (Å²) < 4.78 is 1.70. The fourth-order valence-electron chi connectivity index (χ4n) is 1.22. The van der Waals surface area contributed by atoms with Gasteiger partial charge in [0, 0.05) is 7.05 Å². The third-order valence-corrected chi connectivity index (χ3v) is 2.85. The number of aryl methyl sites for hydroxylation is 1. The van der Waals surface area contributed by atoms with Crippen LogP contribution in [0.15, 0.2) is 11.2 Å². The molecule has 2 aromatic heterocycles. The maximum Gasteiger partial charge on any atom is 0.225 e. The SMILES string of the molecule is CCSc1nc(Cl)nc2c1cnn2C. The van der Waals surface area contributed by atoms with E-state index in [0.717, 1.165) is 21.8 Å². The molecule has 0 saturated heterocycles. The lowest BCUT2D eigenvalue weighted by atomic mass is 10.4. The van der Waals surface area contributed by atoms with E-state index in [1.54, 1.807) is 22.6 Å². The Morgan fingerprint density at radius 1 is 1.50 bits per heavy atom. The van der Waals surface area contributed by atoms with Crippen LogP contribution < -0.4 is 0 Å². The second kappa shape index (κ2) is 3.74. The molecule has 0 atom stereocenters. The Balaban J connectivity index is 2.68. The molecule has 0 bridgehead atoms. The Morgan fingerprint density at radius 2 is 2.29 bits per heavy atom. The summed E-state index contributed by atoms with van der Waals surface area (Å²) in [5.74, 6) is 0.956. The summed E-state index contributed by atoms with van der Waals surface area (Å²) in [4.78, 5) is 8.29. The fourth-order valence-corrected chi connectivity index (χ4v) is 2.16. The molecular weight excluding hydrogens is 220 g/mol. The first-order valence-corrected chi connectivity index (χ1v) is 5.56. The molecule has 2 heterocycles. The molecule has 0 saturated carbocycles. The zero-order valence-electron chi connectivity index (χ0n) is 7.86. The summed E-state index contributed by atoms with van der Waals surface area (Å²) >= 11 is 7.46. The van der Waals surface area contributed by atoms with Crippen LogP contribution in [0.5, 0.6) is 0 Å². The van der Waals surface area contributed by atoms with Gasteiger partial charge in [0.2, 0.25) is 5.28 Å². The molecule has 0 unspecified atom stereocenters. The van der Waals surface area contributed by atoms with Crippen LogP contribution in [0, 0.1) is 0 Å². The van der Waals surface area contributed by atoms with Gasteiger partial charge in [0.25, 0.3) is 0 Å². The van der Waals surface area contributed by atoms with Crippen molar-refractivity contribution in [2.75, 3.05) is 5.75 Å². The van der Waals surface area contributed by atoms with E-state index < -0.39 is 0 Å². The third kappa shape index (κ3) is 1.57. The van der Waals surface area contributed by atoms with E-state index >= 15 is 0 Å². The van der Waals surface area contributed by atoms with Crippen molar-refractivity contribution in [1.29, 1.82) is 0 Å². The van der Waals surface area contributed by atoms with Gasteiger partial charge in [-0.2, -0.15) is 10.1 Å². The van der Waals surface area contributed by atoms with E-state index in [1.165, 1.54) is 0 Å². The van der Waals surface area contributed by atoms with Crippen molar-refractivity contribution in [3.8, 4) is 0 Å². The van der Waals surface area contributed by atoms with Gasteiger partial charge >= 0.3 is 0 Å². The minimum absolute atomic E-state index is 0.275. The van der Waals surface area contributed by atoms with Gasteiger partial charge < -0.3 is 0 Å². The monoisotopic (exact) mass is 228 g/mol. The summed E-state index contributed by atoms with van der Waals surface area (Å²) in [6, 6.07) is 0. The number of halogens is 1. The molecule has 74 valence electrons. The summed E-state index contributed by atoms with van der Waals surface area (Å²) in [5.41, 5.74) is 0.779. The minimum atomic E-state index is 0.275. The number of fused-ring (bicyclic) bond motifs is 1. The van der Waals surface area contributed by atoms with Gasteiger partial charge in [0.1, 0.15) is 5.03 Å². The highest BCUT2D eigenvalue weighted by Gasteiger charge is 2.09. The number of rotatable bonds is 2. The molecule has 0 N–H and O–H groups in total. The number of thioether (sulfide) groups is 1. The van der Waals surface area contributed by atoms with Gasteiger partial charge in [0.05, 0.1) is 11.6 Å². The normalized spacial score (nSPS) is 11.1. The topological polar surface area (TPSA) is 43.6 Å². The van der Waals surface area contributed by atoms with E-state index in [0.29, 0.717) is 0 Å². The number of hydrogen-bond donors (Lipinski definition) is 0. The maximum atomic E-state index is 5.81. The molecule has 0 radical (unpaired) electrons. The first-order chi connectivity index (χ1) is 6.72. The van der Waals surface area contributed by atoms with Crippen molar-refractivity contribution in [1.82, 2.24) is 19.7 Å². The van der Waals surface area contributed by atoms with Gasteiger partial charge in [-0.3, -0.25) is 4.68 Å². The molecule has 0 amide bonds. The van der Waals surface area contributed by atoms with Crippen molar-refractivity contribution < 1.29 is 0 Å². The number of aromatic nitrogens is 4. The van der Waals surface area contributed by atoms with Crippen LogP contribution in [0.3, 0.4) is 0 Å². The van der Waals surface area contributed by atoms with E-state index in [9.17, 15) is 0 Å². The molecular formula is C8H9ClN4S. The smallest absolute Gasteiger partial charge is 0.225 e. The highest BCUT2D eigenvalue weighted by molar-refractivity contribution is 7.99. The van der Waals surface area contributed by atoms with Gasteiger partial charge in [-0.05, 0) is 17.4 Å². The fraction of sp³-hybridized carbons (Fsp3) is 0.375. The molecule has 0 fully saturated rings. The first-order valence-electron chi connectivity index (χ1n) is 4.20. The molecule has 2 rings (SSSR count). The van der Waals surface area contributed by atoms with Crippen molar-refractivity contribution in [2.45, 2.75) is 11.9 Å². The zero-order chi connectivity index (χ0) is 10.1. The van der Waals surface area contributed by atoms with Gasteiger partial charge in [0.15, 0.2) is 5.65 Å². The highest BCUT2D eigenvalue weighted by atomic mass is 35.5. The Hall–Kier alpha value is -0.810. The Labute approximate surface area is 90.7 Å². The van der Waals surface area contributed by atoms with E-state index in [4.69, 9.17) is 11.6 Å². The van der Waals surface area contributed by atoms with E-state index in [-0.39, 0.29) is 5.28 Å². The van der Waals surface area contributed by atoms with Gasteiger partial charge in [-0.15, -0.1) is 11.8 Å². The van der Waals surface area contributed by atoms with Crippen molar-refractivity contribution in [3.63, 3.8) is 0 Å². The third-order valence-electron chi connectivity index (χ3n) is 1.81. The van der Waals surface area contributed by atoms with Gasteiger partial charge in [-0.25, -0.2) is 4.98 Å². The lowest BCUT2D eigenvalue weighted by molar-refractivity contribution is 0.784. The molecule has 0 aliphatic heterocycles. The van der Waals surface area contributed by atoms with Crippen LogP contribution in [0.25, 0.3) is 11.0 Å². The summed E-state index contributed by atoms with van der Waals surface area (Å²) in [6.07, 6.45) is 1.77. The molecule has 6 heteroatoms. The molecule has 2 aromatic rings. The second-order valence-electron chi connectivity index (χ2n) is 2.74. The summed E-state index contributed by atoms with van der Waals surface area (Å²) in [7, 11) is 1.84. The first kappa shape index (κ1) is 9.73. The maximum absolute atomic E-state index is 5.81. The second-order valence-corrected chi connectivity index (χ2v) is 4.33. The van der Waals surface area contributed by atoms with Gasteiger partial charge in [-0.1, -0.05) is 6.92 Å². The molecule has 14 heavy (non-hydrogen) atoms. The molecule has 4 nitrogen and oxygen atoms in total. The summed E-state index contributed by atoms with van der Waals surface area (Å²) in [6.45, 7) is 2.07. The predicted molar refractivity (Wildman–Crippen MR) is 57.7 cm³/mol. The molecule has 0 aliphatic rings. The van der Waals surface area contributed by atoms with Crippen molar-refractivity contribution in [2.24, 2.45) is 7.05 Å². The molecule has 0 aromatic carbocycles. The van der Waals surface area contributed by atoms with E-state index in [2.05, 4.69) is 22.0 Å². The minimum Gasteiger partial charge on any atom is -0.250 e. The van der Waals surface area contributed by atoms with Crippen LogP contribution in [0.2, 0.25) is 5.28 Å². The Bertz CT molecular complexity index is 468. The summed E-state index contributed by atoms with van der Waals surface area (Å²) in [5, 5.41) is 6.26. The predicted octanol–water partition coefficient (Wildman–Crippen LogP) is 2.13. The Morgan fingerprint density at radius 3 is 3.00 bits per heavy atom. The average molecular weight is 229 g/mol. The molecule has 0 spiro atoms. The lowest BCUT2D eigenvalue weighted by Gasteiger charge is -2.00. The standard InChI is InChI=1S/C8H9ClN4S/c1-3-14-7-5-4-10-13(2)6(5)11-8(9)12-7/h4H,3H2,1-2H3. The molecule has 0 aliphatic carbocycles. The van der Waals surface area contributed by atoms with E-state index in [1.807, 2.05) is 7.05 Å². The van der Waals surface area contributed by atoms with Crippen LogP contribution >= 0.6 is 23.4 Å². The van der Waals surface area contributed by atoms with Crippen molar-refractivity contribution >= 4 is 34.4 Å². The lowest BCUT2D eigenvalue weighted by Crippen LogP contribution is -1.94. The zero-order valence-corrected chi connectivity index (χ0v) is 9.43. The van der Waals surface area contributed by atoms with Crippen LogP contribution in [-0.2, 0) is 7.05 Å². The Kier molecular flexibility index (Phi) is 2.60. The number of hydrogen-bond acceptors (Lipinski definition) is 4.